The van der Waals surface area contributed by atoms with Crippen molar-refractivity contribution < 1.29 is 9.47 Å². The fraction of sp³-hybridized carbons (Fsp3) is 0.429. The van der Waals surface area contributed by atoms with Crippen LogP contribution in [0.2, 0.25) is 10.0 Å². The first kappa shape index (κ1) is 26.3. The Morgan fingerprint density at radius 1 is 1.05 bits per heavy atom. The van der Waals surface area contributed by atoms with E-state index < -0.39 is 0 Å². The molecule has 1 aliphatic carbocycles. The van der Waals surface area contributed by atoms with Crippen molar-refractivity contribution in [3.05, 3.63) is 58.1 Å². The second kappa shape index (κ2) is 10.9. The van der Waals surface area contributed by atoms with Gasteiger partial charge in [0.25, 0.3) is 0 Å². The van der Waals surface area contributed by atoms with Gasteiger partial charge in [-0.1, -0.05) is 23.2 Å². The largest absolute Gasteiger partial charge is 0.492 e. The highest BCUT2D eigenvalue weighted by Crippen LogP contribution is 2.41. The summed E-state index contributed by atoms with van der Waals surface area (Å²) in [6.07, 6.45) is 5.19. The highest BCUT2D eigenvalue weighted by Gasteiger charge is 2.41. The quantitative estimate of drug-likeness (QED) is 0.309. The molecule has 204 valence electrons. The third kappa shape index (κ3) is 5.68. The summed E-state index contributed by atoms with van der Waals surface area (Å²) in [5.41, 5.74) is 3.51. The summed E-state index contributed by atoms with van der Waals surface area (Å²) in [5.74, 6) is 1.84. The third-order valence-electron chi connectivity index (χ3n) is 7.41. The van der Waals surface area contributed by atoms with Gasteiger partial charge in [0.05, 0.1) is 17.3 Å². The van der Waals surface area contributed by atoms with Crippen molar-refractivity contribution in [1.29, 1.82) is 0 Å². The smallest absolute Gasteiger partial charge is 0.245 e. The van der Waals surface area contributed by atoms with Crippen molar-refractivity contribution in [2.75, 3.05) is 39.3 Å². The van der Waals surface area contributed by atoms with Crippen LogP contribution in [0, 0.1) is 6.92 Å². The summed E-state index contributed by atoms with van der Waals surface area (Å²) in [6, 6.07) is 7.50. The highest BCUT2D eigenvalue weighted by atomic mass is 35.5. The van der Waals surface area contributed by atoms with Crippen LogP contribution < -0.4 is 14.8 Å². The molecule has 3 aromatic heterocycles. The third-order valence-corrected chi connectivity index (χ3v) is 8.14. The van der Waals surface area contributed by atoms with Crippen LogP contribution in [0.3, 0.4) is 0 Å². The van der Waals surface area contributed by atoms with Crippen molar-refractivity contribution in [3.63, 3.8) is 0 Å². The zero-order chi connectivity index (χ0) is 27.0. The minimum Gasteiger partial charge on any atom is -0.492 e. The fourth-order valence-electron chi connectivity index (χ4n) is 4.71. The fourth-order valence-corrected chi connectivity index (χ4v) is 5.13. The molecule has 39 heavy (non-hydrogen) atoms. The van der Waals surface area contributed by atoms with E-state index in [1.165, 1.54) is 6.33 Å². The van der Waals surface area contributed by atoms with Crippen LogP contribution in [0.4, 0.5) is 0 Å². The molecule has 0 unspecified atom stereocenters. The number of nitrogens with zero attached hydrogens (tertiary/aromatic N) is 6. The maximum Gasteiger partial charge on any atom is 0.245 e. The normalized spacial score (nSPS) is 16.9. The number of fused-ring (bicyclic) bond motifs is 1. The highest BCUT2D eigenvalue weighted by molar-refractivity contribution is 6.33. The first-order chi connectivity index (χ1) is 18.9. The number of halogens is 2. The van der Waals surface area contributed by atoms with Crippen molar-refractivity contribution in [3.8, 4) is 23.0 Å². The number of pyridine rings is 1. The number of hydrogen-bond acceptors (Lipinski definition) is 8. The molecule has 0 bridgehead atoms. The molecule has 4 heterocycles. The van der Waals surface area contributed by atoms with Gasteiger partial charge in [-0.05, 0) is 56.5 Å². The van der Waals surface area contributed by atoms with E-state index in [-0.39, 0.29) is 5.60 Å². The molecule has 1 aliphatic heterocycles. The van der Waals surface area contributed by atoms with Gasteiger partial charge in [0.1, 0.15) is 30.1 Å². The standard InChI is InChI=1S/C28H31Cl2N7O2/c1-18-21(29)5-8-32-23(18)16-37-25(35-24-26(37)33-17-34-27(24)39-28(2)6-7-28)20-4-3-19(15-22(20)30)38-14-13-36-11-9-31-10-12-36/h3-5,8,15,17,31H,6-7,9-14,16H2,1-2H3. The van der Waals surface area contributed by atoms with Crippen LogP contribution in [0.5, 0.6) is 11.6 Å². The van der Waals surface area contributed by atoms with Gasteiger partial charge in [-0.3, -0.25) is 9.88 Å². The molecule has 9 nitrogen and oxygen atoms in total. The number of piperazine rings is 1. The number of benzene rings is 1. The van der Waals surface area contributed by atoms with Gasteiger partial charge in [0.15, 0.2) is 11.2 Å². The number of aromatic nitrogens is 5. The van der Waals surface area contributed by atoms with Crippen LogP contribution >= 0.6 is 23.2 Å². The Kier molecular flexibility index (Phi) is 7.33. The van der Waals surface area contributed by atoms with Gasteiger partial charge in [-0.2, -0.15) is 4.98 Å². The average Bonchev–Trinajstić information content (AvgIpc) is 3.55. The summed E-state index contributed by atoms with van der Waals surface area (Å²) in [6.45, 7) is 10.0. The van der Waals surface area contributed by atoms with Gasteiger partial charge in [0, 0.05) is 49.5 Å². The van der Waals surface area contributed by atoms with E-state index in [4.69, 9.17) is 37.7 Å². The van der Waals surface area contributed by atoms with Crippen molar-refractivity contribution in [2.45, 2.75) is 38.8 Å². The minimum absolute atomic E-state index is 0.211. The first-order valence-electron chi connectivity index (χ1n) is 13.3. The molecule has 2 aliphatic rings. The molecule has 1 aromatic carbocycles. The van der Waals surface area contributed by atoms with Crippen molar-refractivity contribution >= 4 is 34.4 Å². The molecule has 0 amide bonds. The SMILES string of the molecule is Cc1c(Cl)ccnc1Cn1c(-c2ccc(OCCN3CCNCC3)cc2Cl)nc2c(OC3(C)CC3)ncnc21. The second-order valence-corrected chi connectivity index (χ2v) is 11.2. The monoisotopic (exact) mass is 567 g/mol. The van der Waals surface area contributed by atoms with Crippen LogP contribution in [-0.4, -0.2) is 74.3 Å². The van der Waals surface area contributed by atoms with Crippen LogP contribution in [0.25, 0.3) is 22.6 Å². The number of rotatable bonds is 9. The molecule has 1 N–H and O–H groups in total. The van der Waals surface area contributed by atoms with Gasteiger partial charge in [-0.25, -0.2) is 9.97 Å². The van der Waals surface area contributed by atoms with Gasteiger partial charge >= 0.3 is 0 Å². The lowest BCUT2D eigenvalue weighted by Gasteiger charge is -2.26. The lowest BCUT2D eigenvalue weighted by atomic mass is 10.2. The van der Waals surface area contributed by atoms with E-state index in [2.05, 4.69) is 32.1 Å². The number of imidazole rings is 1. The Morgan fingerprint density at radius 3 is 2.64 bits per heavy atom. The Morgan fingerprint density at radius 2 is 1.87 bits per heavy atom. The van der Waals surface area contributed by atoms with Gasteiger partial charge < -0.3 is 19.4 Å². The van der Waals surface area contributed by atoms with Crippen LogP contribution in [-0.2, 0) is 6.54 Å². The Bertz CT molecular complexity index is 1500. The lowest BCUT2D eigenvalue weighted by molar-refractivity contribution is 0.191. The Balaban J connectivity index is 1.34. The zero-order valence-electron chi connectivity index (χ0n) is 22.1. The molecule has 6 rings (SSSR count). The summed E-state index contributed by atoms with van der Waals surface area (Å²) < 4.78 is 14.3. The van der Waals surface area contributed by atoms with Crippen LogP contribution in [0.15, 0.2) is 36.8 Å². The van der Waals surface area contributed by atoms with E-state index in [0.717, 1.165) is 68.1 Å². The lowest BCUT2D eigenvalue weighted by Crippen LogP contribution is -2.44. The maximum absolute atomic E-state index is 6.85. The number of ether oxygens (including phenoxy) is 2. The molecule has 2 fully saturated rings. The molecular weight excluding hydrogens is 537 g/mol. The number of hydrogen-bond donors (Lipinski definition) is 1. The first-order valence-corrected chi connectivity index (χ1v) is 14.0. The second-order valence-electron chi connectivity index (χ2n) is 10.4. The van der Waals surface area contributed by atoms with Gasteiger partial charge in [-0.15, -0.1) is 0 Å². The summed E-state index contributed by atoms with van der Waals surface area (Å²) in [7, 11) is 0. The minimum atomic E-state index is -0.211. The molecule has 1 saturated carbocycles. The zero-order valence-corrected chi connectivity index (χ0v) is 23.6. The molecule has 11 heteroatoms. The van der Waals surface area contributed by atoms with E-state index in [9.17, 15) is 0 Å². The molecule has 0 atom stereocenters. The molecule has 0 radical (unpaired) electrons. The predicted molar refractivity (Wildman–Crippen MR) is 152 cm³/mol. The summed E-state index contributed by atoms with van der Waals surface area (Å²) in [4.78, 5) is 21.0. The van der Waals surface area contributed by atoms with Gasteiger partial charge in [0.2, 0.25) is 5.88 Å². The topological polar surface area (TPSA) is 90.2 Å². The molecule has 0 spiro atoms. The molecule has 4 aromatic rings. The van der Waals surface area contributed by atoms with E-state index in [0.29, 0.717) is 46.1 Å². The maximum atomic E-state index is 6.85. The van der Waals surface area contributed by atoms with E-state index in [1.807, 2.05) is 29.7 Å². The number of nitrogens with one attached hydrogen (secondary N) is 1. The van der Waals surface area contributed by atoms with Crippen LogP contribution in [0.1, 0.15) is 31.0 Å². The van der Waals surface area contributed by atoms with Crippen molar-refractivity contribution in [2.24, 2.45) is 0 Å². The Labute approximate surface area is 237 Å². The molecular formula is C28H31Cl2N7O2. The van der Waals surface area contributed by atoms with E-state index >= 15 is 0 Å². The van der Waals surface area contributed by atoms with Crippen molar-refractivity contribution in [1.82, 2.24) is 34.7 Å². The predicted octanol–water partition coefficient (Wildman–Crippen LogP) is 4.77. The summed E-state index contributed by atoms with van der Waals surface area (Å²) in [5, 5.41) is 4.56. The Hall–Kier alpha value is -2.98. The summed E-state index contributed by atoms with van der Waals surface area (Å²) >= 11 is 13.3. The average molecular weight is 569 g/mol. The van der Waals surface area contributed by atoms with E-state index in [1.54, 1.807) is 12.3 Å². The molecule has 1 saturated heterocycles.